The lowest BCUT2D eigenvalue weighted by atomic mass is 10.1. The highest BCUT2D eigenvalue weighted by molar-refractivity contribution is 7.95. The van der Waals surface area contributed by atoms with Gasteiger partial charge in [0.05, 0.1) is 23.2 Å². The van der Waals surface area contributed by atoms with Gasteiger partial charge in [-0.05, 0) is 67.8 Å². The number of unbranched alkanes of at least 4 members (excludes halogenated alkanes) is 9. The second-order valence-electron chi connectivity index (χ2n) is 10.1. The Labute approximate surface area is 250 Å². The average Bonchev–Trinajstić information content (AvgIpc) is 2.97. The van der Waals surface area contributed by atoms with Gasteiger partial charge in [-0.15, -0.1) is 0 Å². The Morgan fingerprint density at radius 1 is 0.714 bits per heavy atom. The van der Waals surface area contributed by atoms with Crippen LogP contribution in [0, 0.1) is 0 Å². The first kappa shape index (κ1) is 35.2. The summed E-state index contributed by atoms with van der Waals surface area (Å²) < 4.78 is 55.2. The quantitative estimate of drug-likeness (QED) is 0.0678. The number of alkyl halides is 3. The van der Waals surface area contributed by atoms with E-state index in [-0.39, 0.29) is 23.5 Å². The van der Waals surface area contributed by atoms with Crippen molar-refractivity contribution in [2.45, 2.75) is 114 Å². The number of benzene rings is 2. The molecule has 0 radical (unpaired) electrons. The number of hydrogen-bond acceptors (Lipinski definition) is 7. The van der Waals surface area contributed by atoms with Crippen molar-refractivity contribution >= 4 is 30.0 Å². The number of halogens is 3. The maximum Gasteiger partial charge on any atom is 0.425 e. The van der Waals surface area contributed by atoms with Gasteiger partial charge in [-0.1, -0.05) is 71.6 Å². The smallest absolute Gasteiger partial charge is 0.425 e. The van der Waals surface area contributed by atoms with E-state index in [2.05, 4.69) is 6.92 Å². The van der Waals surface area contributed by atoms with Gasteiger partial charge in [-0.25, -0.2) is 9.59 Å². The van der Waals surface area contributed by atoms with E-state index in [0.29, 0.717) is 29.9 Å². The lowest BCUT2D eigenvalue weighted by Gasteiger charge is -2.20. The molecule has 232 valence electrons. The van der Waals surface area contributed by atoms with Crippen LogP contribution in [0.25, 0.3) is 0 Å². The summed E-state index contributed by atoms with van der Waals surface area (Å²) in [6, 6.07) is 11.5. The molecule has 0 bridgehead atoms. The van der Waals surface area contributed by atoms with Crippen molar-refractivity contribution in [3.05, 3.63) is 59.7 Å². The number of rotatable bonds is 19. The Balaban J connectivity index is 1.77. The molecule has 0 aliphatic rings. The van der Waals surface area contributed by atoms with E-state index >= 15 is 0 Å². The van der Waals surface area contributed by atoms with Crippen LogP contribution in [0.1, 0.15) is 118 Å². The summed E-state index contributed by atoms with van der Waals surface area (Å²) in [6.07, 6.45) is 3.68. The number of ether oxygens (including phenoxy) is 2. The summed E-state index contributed by atoms with van der Waals surface area (Å²) in [7, 11) is 0. The van der Waals surface area contributed by atoms with E-state index < -0.39 is 24.2 Å². The molecule has 0 saturated carbocycles. The van der Waals surface area contributed by atoms with E-state index in [9.17, 15) is 27.6 Å². The van der Waals surface area contributed by atoms with Crippen molar-refractivity contribution in [2.24, 2.45) is 0 Å². The van der Waals surface area contributed by atoms with Crippen LogP contribution in [0.15, 0.2) is 53.4 Å². The molecule has 10 heteroatoms. The van der Waals surface area contributed by atoms with Gasteiger partial charge in [-0.3, -0.25) is 4.79 Å². The third kappa shape index (κ3) is 13.8. The molecule has 42 heavy (non-hydrogen) atoms. The van der Waals surface area contributed by atoms with Crippen molar-refractivity contribution < 1.29 is 41.2 Å². The standard InChI is InChI=1S/C32H41F3O6S/c1-3-5-7-9-10-11-13-15-29(36)39-26-20-16-25(17-21-26)31(38)41-42-27-22-18-24(19-23-27)30(37)40-28(32(33,34)35)14-12-8-6-4-2/h16-23,28H,3-15H2,1-2H3. The molecule has 0 N–H and O–H groups in total. The van der Waals surface area contributed by atoms with Crippen LogP contribution >= 0.6 is 12.0 Å². The summed E-state index contributed by atoms with van der Waals surface area (Å²) >= 11 is 0.743. The van der Waals surface area contributed by atoms with Crippen LogP contribution in [-0.2, 0) is 13.7 Å². The van der Waals surface area contributed by atoms with Gasteiger partial charge in [-0.2, -0.15) is 13.2 Å². The molecule has 2 aromatic carbocycles. The second-order valence-corrected chi connectivity index (χ2v) is 10.9. The minimum atomic E-state index is -4.64. The molecule has 6 nitrogen and oxygen atoms in total. The summed E-state index contributed by atoms with van der Waals surface area (Å²) in [6.45, 7) is 4.13. The molecule has 1 atom stereocenters. The molecular weight excluding hydrogens is 569 g/mol. The lowest BCUT2D eigenvalue weighted by molar-refractivity contribution is -0.206. The molecule has 0 fully saturated rings. The van der Waals surface area contributed by atoms with Crippen molar-refractivity contribution in [1.29, 1.82) is 0 Å². The predicted molar refractivity (Wildman–Crippen MR) is 156 cm³/mol. The fourth-order valence-corrected chi connectivity index (χ4v) is 4.61. The monoisotopic (exact) mass is 610 g/mol. The molecule has 0 aliphatic heterocycles. The van der Waals surface area contributed by atoms with Crippen molar-refractivity contribution in [3.8, 4) is 5.75 Å². The molecule has 2 aromatic rings. The minimum absolute atomic E-state index is 0.0365. The normalized spacial score (nSPS) is 12.0. The first-order valence-corrected chi connectivity index (χ1v) is 15.5. The molecule has 0 amide bonds. The predicted octanol–water partition coefficient (Wildman–Crippen LogP) is 9.65. The van der Waals surface area contributed by atoms with Crippen LogP contribution in [0.5, 0.6) is 5.75 Å². The van der Waals surface area contributed by atoms with Gasteiger partial charge < -0.3 is 13.7 Å². The lowest BCUT2D eigenvalue weighted by Crippen LogP contribution is -2.33. The zero-order valence-electron chi connectivity index (χ0n) is 24.4. The van der Waals surface area contributed by atoms with Gasteiger partial charge in [0, 0.05) is 11.3 Å². The zero-order chi connectivity index (χ0) is 30.8. The summed E-state index contributed by atoms with van der Waals surface area (Å²) in [4.78, 5) is 37.2. The maximum absolute atomic E-state index is 13.3. The van der Waals surface area contributed by atoms with Crippen molar-refractivity contribution in [1.82, 2.24) is 0 Å². The van der Waals surface area contributed by atoms with Crippen LogP contribution in [0.4, 0.5) is 13.2 Å². The van der Waals surface area contributed by atoms with Gasteiger partial charge in [0.1, 0.15) is 5.75 Å². The van der Waals surface area contributed by atoms with Crippen LogP contribution in [-0.4, -0.2) is 30.2 Å². The Hall–Kier alpha value is -3.01. The van der Waals surface area contributed by atoms with Crippen molar-refractivity contribution in [3.63, 3.8) is 0 Å². The van der Waals surface area contributed by atoms with E-state index in [1.54, 1.807) is 0 Å². The SMILES string of the molecule is CCCCCCCCCC(=O)Oc1ccc(C(=O)OSc2ccc(C(=O)OC(CCCCCC)C(F)(F)F)cc2)cc1. The second kappa shape index (κ2) is 19.2. The van der Waals surface area contributed by atoms with E-state index in [1.807, 2.05) is 6.92 Å². The number of hydrogen-bond donors (Lipinski definition) is 0. The van der Waals surface area contributed by atoms with Gasteiger partial charge in [0.25, 0.3) is 0 Å². The summed E-state index contributed by atoms with van der Waals surface area (Å²) in [5.74, 6) is -1.68. The molecule has 0 heterocycles. The topological polar surface area (TPSA) is 78.9 Å². The number of carbonyl (C=O) groups excluding carboxylic acids is 3. The Morgan fingerprint density at radius 3 is 1.83 bits per heavy atom. The first-order chi connectivity index (χ1) is 20.1. The molecule has 0 spiro atoms. The fraction of sp³-hybridized carbons (Fsp3) is 0.531. The molecular formula is C32H41F3O6S. The fourth-order valence-electron chi connectivity index (χ4n) is 4.09. The van der Waals surface area contributed by atoms with E-state index in [4.69, 9.17) is 13.7 Å². The summed E-state index contributed by atoms with van der Waals surface area (Å²) in [5, 5.41) is 0. The van der Waals surface area contributed by atoms with E-state index in [1.165, 1.54) is 74.2 Å². The number of esters is 2. The molecule has 0 aromatic heterocycles. The van der Waals surface area contributed by atoms with Gasteiger partial charge >= 0.3 is 24.1 Å². The zero-order valence-corrected chi connectivity index (χ0v) is 25.2. The maximum atomic E-state index is 13.3. The largest absolute Gasteiger partial charge is 0.449 e. The minimum Gasteiger partial charge on any atom is -0.449 e. The van der Waals surface area contributed by atoms with E-state index in [0.717, 1.165) is 44.1 Å². The van der Waals surface area contributed by atoms with Crippen molar-refractivity contribution in [2.75, 3.05) is 0 Å². The highest BCUT2D eigenvalue weighted by Gasteiger charge is 2.42. The Bertz CT molecular complexity index is 1090. The Kier molecular flexibility index (Phi) is 16.1. The van der Waals surface area contributed by atoms with Gasteiger partial charge in [0.2, 0.25) is 0 Å². The summed E-state index contributed by atoms with van der Waals surface area (Å²) in [5.41, 5.74) is 0.206. The number of carbonyl (C=O) groups is 3. The third-order valence-electron chi connectivity index (χ3n) is 6.54. The average molecular weight is 611 g/mol. The van der Waals surface area contributed by atoms with Gasteiger partial charge in [0.15, 0.2) is 6.10 Å². The first-order valence-electron chi connectivity index (χ1n) is 14.7. The molecule has 1 unspecified atom stereocenters. The van der Waals surface area contributed by atoms with Crippen LogP contribution in [0.3, 0.4) is 0 Å². The van der Waals surface area contributed by atoms with Crippen LogP contribution < -0.4 is 4.74 Å². The third-order valence-corrected chi connectivity index (χ3v) is 7.24. The molecule has 2 rings (SSSR count). The Morgan fingerprint density at radius 2 is 1.24 bits per heavy atom. The molecule has 0 saturated heterocycles. The highest BCUT2D eigenvalue weighted by atomic mass is 32.2. The molecule has 0 aliphatic carbocycles. The highest BCUT2D eigenvalue weighted by Crippen LogP contribution is 2.29. The van der Waals surface area contributed by atoms with Crippen LogP contribution in [0.2, 0.25) is 0 Å².